The van der Waals surface area contributed by atoms with E-state index in [1.807, 2.05) is 6.07 Å². The first-order valence-corrected chi connectivity index (χ1v) is 8.15. The van der Waals surface area contributed by atoms with Crippen molar-refractivity contribution >= 4 is 21.6 Å². The van der Waals surface area contributed by atoms with Crippen LogP contribution in [0.5, 0.6) is 0 Å². The number of aliphatic hydroxyl groups excluding tert-OH is 1. The van der Waals surface area contributed by atoms with Crippen molar-refractivity contribution < 1.29 is 13.5 Å². The Labute approximate surface area is 123 Å². The summed E-state index contributed by atoms with van der Waals surface area (Å²) >= 11 is 5.85. The van der Waals surface area contributed by atoms with Gasteiger partial charge in [-0.25, -0.2) is 8.42 Å². The molecule has 1 N–H and O–H groups in total. The minimum Gasteiger partial charge on any atom is -0.395 e. The summed E-state index contributed by atoms with van der Waals surface area (Å²) in [6, 6.07) is 5.61. The number of nitrogens with zero attached hydrogens (tertiary/aromatic N) is 2. The number of halogens is 1. The van der Waals surface area contributed by atoms with Crippen LogP contribution in [0.25, 0.3) is 0 Å². The van der Waals surface area contributed by atoms with Crippen LogP contribution >= 0.6 is 11.6 Å². The molecule has 0 aliphatic carbocycles. The van der Waals surface area contributed by atoms with E-state index in [1.54, 1.807) is 0 Å². The Balaban J connectivity index is 2.49. The Morgan fingerprint density at radius 3 is 2.85 bits per heavy atom. The summed E-state index contributed by atoms with van der Waals surface area (Å²) in [6.45, 7) is 0.132. The summed E-state index contributed by atoms with van der Waals surface area (Å²) in [5.41, 5.74) is 0.0664. The minimum absolute atomic E-state index is 0.0664. The predicted molar refractivity (Wildman–Crippen MR) is 74.8 cm³/mol. The largest absolute Gasteiger partial charge is 0.395 e. The Bertz CT molecular complexity index is 640. The van der Waals surface area contributed by atoms with E-state index >= 15 is 0 Å². The van der Waals surface area contributed by atoms with Gasteiger partial charge in [-0.1, -0.05) is 18.0 Å². The Hall–Kier alpha value is -1.13. The first kappa shape index (κ1) is 15.3. The number of aliphatic hydroxyl groups is 1. The molecule has 7 heteroatoms. The topological polar surface area (TPSA) is 81.4 Å². The van der Waals surface area contributed by atoms with Gasteiger partial charge in [-0.3, -0.25) is 0 Å². The van der Waals surface area contributed by atoms with Crippen molar-refractivity contribution in [3.63, 3.8) is 0 Å². The number of piperidine rings is 1. The number of hydrogen-bond acceptors (Lipinski definition) is 4. The molecule has 5 nitrogen and oxygen atoms in total. The highest BCUT2D eigenvalue weighted by Gasteiger charge is 2.34. The van der Waals surface area contributed by atoms with E-state index < -0.39 is 16.1 Å². The van der Waals surface area contributed by atoms with Crippen LogP contribution in [0.4, 0.5) is 0 Å². The number of nitriles is 1. The van der Waals surface area contributed by atoms with Crippen molar-refractivity contribution in [3.8, 4) is 6.07 Å². The van der Waals surface area contributed by atoms with Crippen LogP contribution in [0.3, 0.4) is 0 Å². The van der Waals surface area contributed by atoms with Gasteiger partial charge in [-0.2, -0.15) is 9.57 Å². The van der Waals surface area contributed by atoms with E-state index in [-0.39, 0.29) is 22.1 Å². The van der Waals surface area contributed by atoms with Crippen molar-refractivity contribution in [1.29, 1.82) is 5.26 Å². The lowest BCUT2D eigenvalue weighted by Crippen LogP contribution is -2.45. The SMILES string of the molecule is N#Cc1ccc(Cl)cc1S(=O)(=O)N1CCCCC1CO. The van der Waals surface area contributed by atoms with Crippen LogP contribution in [0.15, 0.2) is 23.1 Å². The summed E-state index contributed by atoms with van der Waals surface area (Å²) in [7, 11) is -3.82. The number of sulfonamides is 1. The van der Waals surface area contributed by atoms with Gasteiger partial charge in [0, 0.05) is 17.6 Å². The number of benzene rings is 1. The minimum atomic E-state index is -3.82. The van der Waals surface area contributed by atoms with Crippen LogP contribution in [0.1, 0.15) is 24.8 Å². The second-order valence-corrected chi connectivity index (χ2v) is 7.00. The van der Waals surface area contributed by atoms with E-state index in [1.165, 1.54) is 22.5 Å². The van der Waals surface area contributed by atoms with Crippen LogP contribution in [0.2, 0.25) is 5.02 Å². The van der Waals surface area contributed by atoms with Crippen molar-refractivity contribution in [2.24, 2.45) is 0 Å². The van der Waals surface area contributed by atoms with Crippen LogP contribution < -0.4 is 0 Å². The molecule has 0 radical (unpaired) electrons. The molecular weight excluding hydrogens is 300 g/mol. The highest BCUT2D eigenvalue weighted by molar-refractivity contribution is 7.89. The van der Waals surface area contributed by atoms with E-state index in [9.17, 15) is 13.5 Å². The fourth-order valence-electron chi connectivity index (χ4n) is 2.40. The third kappa shape index (κ3) is 2.81. The van der Waals surface area contributed by atoms with Gasteiger partial charge in [0.25, 0.3) is 0 Å². The average Bonchev–Trinajstić information content (AvgIpc) is 2.47. The first-order chi connectivity index (χ1) is 9.50. The van der Waals surface area contributed by atoms with Gasteiger partial charge in [-0.05, 0) is 31.0 Å². The summed E-state index contributed by atoms with van der Waals surface area (Å²) in [6.07, 6.45) is 2.26. The maximum atomic E-state index is 12.7. The maximum Gasteiger partial charge on any atom is 0.244 e. The molecule has 1 unspecified atom stereocenters. The van der Waals surface area contributed by atoms with Gasteiger partial charge < -0.3 is 5.11 Å². The van der Waals surface area contributed by atoms with Gasteiger partial charge in [0.1, 0.15) is 11.0 Å². The van der Waals surface area contributed by atoms with Crippen LogP contribution in [-0.2, 0) is 10.0 Å². The first-order valence-electron chi connectivity index (χ1n) is 6.33. The standard InChI is InChI=1S/C13H15ClN2O3S/c14-11-5-4-10(8-15)13(7-11)20(18,19)16-6-2-1-3-12(16)9-17/h4-5,7,12,17H,1-3,6,9H2. The summed E-state index contributed by atoms with van der Waals surface area (Å²) in [5.74, 6) is 0. The number of hydrogen-bond donors (Lipinski definition) is 1. The second-order valence-electron chi connectivity index (χ2n) is 4.70. The molecule has 1 aliphatic heterocycles. The Morgan fingerprint density at radius 2 is 2.20 bits per heavy atom. The molecule has 20 heavy (non-hydrogen) atoms. The third-order valence-corrected chi connectivity index (χ3v) is 5.66. The molecular formula is C13H15ClN2O3S. The van der Waals surface area contributed by atoms with Gasteiger partial charge in [-0.15, -0.1) is 0 Å². The quantitative estimate of drug-likeness (QED) is 0.921. The fourth-order valence-corrected chi connectivity index (χ4v) is 4.49. The maximum absolute atomic E-state index is 12.7. The molecule has 0 aromatic heterocycles. The zero-order valence-corrected chi connectivity index (χ0v) is 12.4. The van der Waals surface area contributed by atoms with E-state index in [0.717, 1.165) is 12.8 Å². The molecule has 2 rings (SSSR count). The van der Waals surface area contributed by atoms with E-state index in [4.69, 9.17) is 16.9 Å². The normalized spacial score (nSPS) is 20.6. The molecule has 1 aromatic carbocycles. The van der Waals surface area contributed by atoms with Crippen LogP contribution in [0, 0.1) is 11.3 Å². The third-order valence-electron chi connectivity index (χ3n) is 3.43. The van der Waals surface area contributed by atoms with Crippen molar-refractivity contribution in [2.45, 2.75) is 30.2 Å². The second kappa shape index (κ2) is 6.10. The summed E-state index contributed by atoms with van der Waals surface area (Å²) in [5, 5.41) is 18.7. The van der Waals surface area contributed by atoms with Crippen LogP contribution in [-0.4, -0.2) is 37.0 Å². The number of rotatable bonds is 3. The zero-order chi connectivity index (χ0) is 14.8. The molecule has 1 heterocycles. The van der Waals surface area contributed by atoms with Gasteiger partial charge in [0.05, 0.1) is 12.2 Å². The van der Waals surface area contributed by atoms with Gasteiger partial charge in [0.2, 0.25) is 10.0 Å². The summed E-state index contributed by atoms with van der Waals surface area (Å²) in [4.78, 5) is -0.0900. The lowest BCUT2D eigenvalue weighted by atomic mass is 10.1. The van der Waals surface area contributed by atoms with Crippen molar-refractivity contribution in [1.82, 2.24) is 4.31 Å². The van der Waals surface area contributed by atoms with Crippen molar-refractivity contribution in [3.05, 3.63) is 28.8 Å². The Morgan fingerprint density at radius 1 is 1.45 bits per heavy atom. The molecule has 1 atom stereocenters. The molecule has 0 spiro atoms. The van der Waals surface area contributed by atoms with E-state index in [2.05, 4.69) is 0 Å². The molecule has 0 saturated carbocycles. The Kier molecular flexibility index (Phi) is 4.66. The smallest absolute Gasteiger partial charge is 0.244 e. The molecule has 1 fully saturated rings. The highest BCUT2D eigenvalue weighted by Crippen LogP contribution is 2.28. The molecule has 0 amide bonds. The lowest BCUT2D eigenvalue weighted by molar-refractivity contribution is 0.155. The molecule has 1 aromatic rings. The molecule has 1 saturated heterocycles. The molecule has 108 valence electrons. The zero-order valence-electron chi connectivity index (χ0n) is 10.8. The van der Waals surface area contributed by atoms with Gasteiger partial charge >= 0.3 is 0 Å². The van der Waals surface area contributed by atoms with E-state index in [0.29, 0.717) is 13.0 Å². The molecule has 0 bridgehead atoms. The van der Waals surface area contributed by atoms with Crippen molar-refractivity contribution in [2.75, 3.05) is 13.2 Å². The monoisotopic (exact) mass is 314 g/mol. The highest BCUT2D eigenvalue weighted by atomic mass is 35.5. The lowest BCUT2D eigenvalue weighted by Gasteiger charge is -2.33. The summed E-state index contributed by atoms with van der Waals surface area (Å²) < 4.78 is 26.7. The fraction of sp³-hybridized carbons (Fsp3) is 0.462. The van der Waals surface area contributed by atoms with Gasteiger partial charge in [0.15, 0.2) is 0 Å². The predicted octanol–water partition coefficient (Wildman–Crippen LogP) is 1.75. The average molecular weight is 315 g/mol. The molecule has 1 aliphatic rings.